The van der Waals surface area contributed by atoms with Crippen molar-refractivity contribution in [2.24, 2.45) is 0 Å². The van der Waals surface area contributed by atoms with Crippen LogP contribution in [-0.4, -0.2) is 24.3 Å². The first kappa shape index (κ1) is 21.4. The fourth-order valence-electron chi connectivity index (χ4n) is 4.36. The molecule has 1 heterocycles. The second-order valence-electron chi connectivity index (χ2n) is 8.27. The molecule has 5 rings (SSSR count). The van der Waals surface area contributed by atoms with Crippen LogP contribution < -0.4 is 15.5 Å². The van der Waals surface area contributed by atoms with Crippen molar-refractivity contribution in [2.75, 3.05) is 16.8 Å². The number of nitrogens with one attached hydrogen (secondary N) is 2. The highest BCUT2D eigenvalue weighted by atomic mass is 16.2. The lowest BCUT2D eigenvalue weighted by Crippen LogP contribution is -2.36. The van der Waals surface area contributed by atoms with Crippen LogP contribution in [0.25, 0.3) is 10.8 Å². The third-order valence-electron chi connectivity index (χ3n) is 6.04. The Morgan fingerprint density at radius 3 is 2.35 bits per heavy atom. The smallest absolute Gasteiger partial charge is 0.259 e. The molecule has 0 bridgehead atoms. The lowest BCUT2D eigenvalue weighted by atomic mass is 10.1. The standard InChI is InChI=1S/C28H23N3O3/c1-18(19-9-3-2-4-10-19)29-27(33)21-13-5-6-15-23(21)30-25(32)17-31-24-16-8-12-20-11-7-14-22(26(20)24)28(31)34/h2-16,18H,17H2,1H3,(H,29,33)(H,30,32)/t18-/m0/s1. The van der Waals surface area contributed by atoms with Gasteiger partial charge < -0.3 is 10.6 Å². The van der Waals surface area contributed by atoms with E-state index in [0.29, 0.717) is 16.8 Å². The van der Waals surface area contributed by atoms with Crippen molar-refractivity contribution in [3.8, 4) is 0 Å². The molecule has 168 valence electrons. The Morgan fingerprint density at radius 2 is 1.56 bits per heavy atom. The Kier molecular flexibility index (Phi) is 5.55. The van der Waals surface area contributed by atoms with E-state index >= 15 is 0 Å². The van der Waals surface area contributed by atoms with Gasteiger partial charge >= 0.3 is 0 Å². The monoisotopic (exact) mass is 449 g/mol. The topological polar surface area (TPSA) is 78.5 Å². The van der Waals surface area contributed by atoms with E-state index in [2.05, 4.69) is 10.6 Å². The molecule has 1 aliphatic heterocycles. The minimum Gasteiger partial charge on any atom is -0.345 e. The number of para-hydroxylation sites is 1. The van der Waals surface area contributed by atoms with Crippen LogP contribution in [0.5, 0.6) is 0 Å². The van der Waals surface area contributed by atoms with E-state index in [0.717, 1.165) is 22.0 Å². The summed E-state index contributed by atoms with van der Waals surface area (Å²) in [5.74, 6) is -0.874. The van der Waals surface area contributed by atoms with Crippen LogP contribution in [0.15, 0.2) is 91.0 Å². The van der Waals surface area contributed by atoms with E-state index in [-0.39, 0.29) is 30.3 Å². The number of amides is 3. The van der Waals surface area contributed by atoms with Gasteiger partial charge in [-0.05, 0) is 42.1 Å². The SMILES string of the molecule is C[C@H](NC(=O)c1ccccc1NC(=O)CN1C(=O)c2cccc3cccc1c23)c1ccccc1. The normalized spacial score (nSPS) is 13.1. The van der Waals surface area contributed by atoms with Gasteiger partial charge in [0.2, 0.25) is 5.91 Å². The van der Waals surface area contributed by atoms with E-state index in [1.165, 1.54) is 4.90 Å². The lowest BCUT2D eigenvalue weighted by Gasteiger charge is -2.19. The first-order valence-corrected chi connectivity index (χ1v) is 11.1. The van der Waals surface area contributed by atoms with Gasteiger partial charge in [0.05, 0.1) is 23.0 Å². The second kappa shape index (κ2) is 8.83. The number of hydrogen-bond acceptors (Lipinski definition) is 3. The molecular weight excluding hydrogens is 426 g/mol. The summed E-state index contributed by atoms with van der Waals surface area (Å²) in [5, 5.41) is 7.61. The van der Waals surface area contributed by atoms with Crippen LogP contribution in [0.4, 0.5) is 11.4 Å². The third kappa shape index (κ3) is 3.90. The van der Waals surface area contributed by atoms with Gasteiger partial charge in [-0.1, -0.05) is 66.7 Å². The predicted octanol–water partition coefficient (Wildman–Crippen LogP) is 4.93. The second-order valence-corrected chi connectivity index (χ2v) is 8.27. The van der Waals surface area contributed by atoms with Gasteiger partial charge in [0.15, 0.2) is 0 Å². The molecule has 3 amide bonds. The van der Waals surface area contributed by atoms with Crippen LogP contribution in [0.3, 0.4) is 0 Å². The highest BCUT2D eigenvalue weighted by molar-refractivity contribution is 6.26. The summed E-state index contributed by atoms with van der Waals surface area (Å²) in [6.07, 6.45) is 0. The third-order valence-corrected chi connectivity index (χ3v) is 6.04. The Labute approximate surface area is 197 Å². The highest BCUT2D eigenvalue weighted by Crippen LogP contribution is 2.37. The van der Waals surface area contributed by atoms with Crippen LogP contribution >= 0.6 is 0 Å². The van der Waals surface area contributed by atoms with Crippen molar-refractivity contribution in [2.45, 2.75) is 13.0 Å². The van der Waals surface area contributed by atoms with E-state index in [4.69, 9.17) is 0 Å². The highest BCUT2D eigenvalue weighted by Gasteiger charge is 2.31. The van der Waals surface area contributed by atoms with Gasteiger partial charge in [0.25, 0.3) is 11.8 Å². The van der Waals surface area contributed by atoms with E-state index in [9.17, 15) is 14.4 Å². The summed E-state index contributed by atoms with van der Waals surface area (Å²) in [4.78, 5) is 40.4. The Balaban J connectivity index is 1.32. The van der Waals surface area contributed by atoms with Gasteiger partial charge in [-0.3, -0.25) is 19.3 Å². The molecule has 34 heavy (non-hydrogen) atoms. The van der Waals surface area contributed by atoms with Crippen molar-refractivity contribution in [3.63, 3.8) is 0 Å². The lowest BCUT2D eigenvalue weighted by molar-refractivity contribution is -0.114. The molecule has 0 spiro atoms. The maximum atomic E-state index is 13.0. The van der Waals surface area contributed by atoms with Gasteiger partial charge in [-0.25, -0.2) is 0 Å². The predicted molar refractivity (Wildman–Crippen MR) is 133 cm³/mol. The average Bonchev–Trinajstić information content (AvgIpc) is 3.13. The van der Waals surface area contributed by atoms with Crippen molar-refractivity contribution in [3.05, 3.63) is 108 Å². The fourth-order valence-corrected chi connectivity index (χ4v) is 4.36. The molecule has 0 unspecified atom stereocenters. The largest absolute Gasteiger partial charge is 0.345 e. The number of carbonyl (C=O) groups excluding carboxylic acids is 3. The number of anilines is 2. The Morgan fingerprint density at radius 1 is 0.853 bits per heavy atom. The minimum atomic E-state index is -0.380. The molecule has 0 fully saturated rings. The number of rotatable bonds is 6. The van der Waals surface area contributed by atoms with Crippen LogP contribution in [0, 0.1) is 0 Å². The van der Waals surface area contributed by atoms with Crippen molar-refractivity contribution in [1.29, 1.82) is 0 Å². The molecule has 6 nitrogen and oxygen atoms in total. The van der Waals surface area contributed by atoms with Crippen LogP contribution in [0.2, 0.25) is 0 Å². The molecule has 0 aromatic heterocycles. The van der Waals surface area contributed by atoms with E-state index in [1.807, 2.05) is 67.6 Å². The molecule has 4 aromatic carbocycles. The summed E-state index contributed by atoms with van der Waals surface area (Å²) >= 11 is 0. The van der Waals surface area contributed by atoms with Crippen LogP contribution in [-0.2, 0) is 4.79 Å². The van der Waals surface area contributed by atoms with Crippen LogP contribution in [0.1, 0.15) is 39.2 Å². The molecule has 2 N–H and O–H groups in total. The number of hydrogen-bond donors (Lipinski definition) is 2. The maximum Gasteiger partial charge on any atom is 0.259 e. The summed E-state index contributed by atoms with van der Waals surface area (Å²) in [6, 6.07) is 27.6. The molecule has 6 heteroatoms. The molecule has 4 aromatic rings. The van der Waals surface area contributed by atoms with Crippen molar-refractivity contribution < 1.29 is 14.4 Å². The Bertz CT molecular complexity index is 1410. The molecule has 0 radical (unpaired) electrons. The summed E-state index contributed by atoms with van der Waals surface area (Å²) < 4.78 is 0. The van der Waals surface area contributed by atoms with Gasteiger partial charge in [-0.2, -0.15) is 0 Å². The molecule has 0 aliphatic carbocycles. The summed E-state index contributed by atoms with van der Waals surface area (Å²) in [5.41, 5.74) is 3.05. The maximum absolute atomic E-state index is 13.0. The summed E-state index contributed by atoms with van der Waals surface area (Å²) in [7, 11) is 0. The Hall–Kier alpha value is -4.45. The zero-order valence-corrected chi connectivity index (χ0v) is 18.6. The quantitative estimate of drug-likeness (QED) is 0.438. The molecule has 0 saturated heterocycles. The van der Waals surface area contributed by atoms with Gasteiger partial charge in [0.1, 0.15) is 6.54 Å². The zero-order valence-electron chi connectivity index (χ0n) is 18.6. The zero-order chi connectivity index (χ0) is 23.7. The first-order chi connectivity index (χ1) is 16.5. The van der Waals surface area contributed by atoms with Gasteiger partial charge in [0, 0.05) is 10.9 Å². The first-order valence-electron chi connectivity index (χ1n) is 11.1. The van der Waals surface area contributed by atoms with Gasteiger partial charge in [-0.15, -0.1) is 0 Å². The van der Waals surface area contributed by atoms with Crippen molar-refractivity contribution >= 4 is 39.9 Å². The average molecular weight is 450 g/mol. The van der Waals surface area contributed by atoms with Crippen molar-refractivity contribution in [1.82, 2.24) is 5.32 Å². The molecule has 1 aliphatic rings. The van der Waals surface area contributed by atoms with E-state index < -0.39 is 0 Å². The fraction of sp³-hybridized carbons (Fsp3) is 0.107. The molecule has 0 saturated carbocycles. The van der Waals surface area contributed by atoms with E-state index in [1.54, 1.807) is 30.3 Å². The number of carbonyl (C=O) groups is 3. The molecular formula is C28H23N3O3. The number of nitrogens with zero attached hydrogens (tertiary/aromatic N) is 1. The summed E-state index contributed by atoms with van der Waals surface area (Å²) in [6.45, 7) is 1.76. The number of benzene rings is 4. The molecule has 1 atom stereocenters. The minimum absolute atomic E-state index is 0.150.